The summed E-state index contributed by atoms with van der Waals surface area (Å²) in [5.74, 6) is 1.46. The second-order valence-electron chi connectivity index (χ2n) is 4.03. The van der Waals surface area contributed by atoms with E-state index in [0.29, 0.717) is 17.2 Å². The van der Waals surface area contributed by atoms with Crippen molar-refractivity contribution in [1.82, 2.24) is 15.2 Å². The van der Waals surface area contributed by atoms with Crippen molar-refractivity contribution in [3.8, 4) is 11.5 Å². The maximum atomic E-state index is 11.1. The number of hydrazone groups is 1. The molecule has 2 rings (SSSR count). The average molecular weight is 289 g/mol. The summed E-state index contributed by atoms with van der Waals surface area (Å²) in [6.07, 6.45) is 1.55. The van der Waals surface area contributed by atoms with Crippen molar-refractivity contribution in [2.75, 3.05) is 19.6 Å². The molecule has 110 valence electrons. The molecule has 0 aliphatic rings. The van der Waals surface area contributed by atoms with Crippen molar-refractivity contribution >= 4 is 12.0 Å². The van der Waals surface area contributed by atoms with E-state index in [1.807, 2.05) is 12.1 Å². The molecule has 0 saturated carbocycles. The van der Waals surface area contributed by atoms with Crippen molar-refractivity contribution in [3.63, 3.8) is 0 Å². The minimum absolute atomic E-state index is 0.289. The van der Waals surface area contributed by atoms with Crippen LogP contribution in [0.3, 0.4) is 0 Å². The largest absolute Gasteiger partial charge is 0.493 e. The molecule has 2 N–H and O–H groups in total. The molecule has 0 bridgehead atoms. The van der Waals surface area contributed by atoms with Crippen LogP contribution in [0.1, 0.15) is 11.3 Å². The zero-order valence-electron chi connectivity index (χ0n) is 11.9. The number of H-pyrrole nitrogens is 1. The highest BCUT2D eigenvalue weighted by atomic mass is 16.5. The molecule has 2 aromatic rings. The van der Waals surface area contributed by atoms with Gasteiger partial charge in [0, 0.05) is 5.56 Å². The molecule has 0 saturated heterocycles. The van der Waals surface area contributed by atoms with Gasteiger partial charge >= 0.3 is 5.69 Å². The van der Waals surface area contributed by atoms with E-state index in [1.54, 1.807) is 33.4 Å². The minimum Gasteiger partial charge on any atom is -0.493 e. The maximum Gasteiger partial charge on any atom is 0.363 e. The summed E-state index contributed by atoms with van der Waals surface area (Å²) in [6, 6.07) is 5.43. The van der Waals surface area contributed by atoms with Crippen LogP contribution in [0.25, 0.3) is 0 Å². The summed E-state index contributed by atoms with van der Waals surface area (Å²) in [6.45, 7) is 1.70. The van der Waals surface area contributed by atoms with E-state index >= 15 is 0 Å². The van der Waals surface area contributed by atoms with Crippen molar-refractivity contribution in [3.05, 3.63) is 39.9 Å². The lowest BCUT2D eigenvalue weighted by molar-refractivity contribution is 0.354. The van der Waals surface area contributed by atoms with E-state index in [1.165, 1.54) is 0 Å². The molecule has 0 aliphatic heterocycles. The highest BCUT2D eigenvalue weighted by molar-refractivity contribution is 5.85. The molecule has 8 heteroatoms. The second kappa shape index (κ2) is 6.51. The lowest BCUT2D eigenvalue weighted by Gasteiger charge is -2.09. The summed E-state index contributed by atoms with van der Waals surface area (Å²) in [5.41, 5.74) is 3.38. The molecule has 0 radical (unpaired) electrons. The predicted octanol–water partition coefficient (Wildman–Crippen LogP) is 0.937. The van der Waals surface area contributed by atoms with E-state index in [9.17, 15) is 4.79 Å². The molecule has 0 unspecified atom stereocenters. The first-order valence-electron chi connectivity index (χ1n) is 6.09. The van der Waals surface area contributed by atoms with Crippen molar-refractivity contribution < 1.29 is 9.47 Å². The first-order valence-corrected chi connectivity index (χ1v) is 6.09. The maximum absolute atomic E-state index is 11.1. The van der Waals surface area contributed by atoms with Crippen LogP contribution in [0.2, 0.25) is 0 Å². The molecule has 1 heterocycles. The fraction of sp³-hybridized carbons (Fsp3) is 0.231. The van der Waals surface area contributed by atoms with Gasteiger partial charge in [0.25, 0.3) is 0 Å². The number of ether oxygens (including phenoxy) is 2. The lowest BCUT2D eigenvalue weighted by atomic mass is 10.2. The first-order chi connectivity index (χ1) is 10.2. The molecule has 1 aromatic heterocycles. The molecular weight excluding hydrogens is 274 g/mol. The molecule has 8 nitrogen and oxygen atoms in total. The normalized spacial score (nSPS) is 10.6. The molecule has 0 spiro atoms. The fourth-order valence-electron chi connectivity index (χ4n) is 1.67. The van der Waals surface area contributed by atoms with Crippen LogP contribution in [0.4, 0.5) is 5.82 Å². The van der Waals surface area contributed by atoms with Crippen LogP contribution in [-0.2, 0) is 0 Å². The van der Waals surface area contributed by atoms with Crippen molar-refractivity contribution in [2.24, 2.45) is 5.10 Å². The Bertz CT molecular complexity index is 711. The van der Waals surface area contributed by atoms with Crippen molar-refractivity contribution in [2.45, 2.75) is 6.92 Å². The van der Waals surface area contributed by atoms with Gasteiger partial charge in [-0.3, -0.25) is 5.43 Å². The summed E-state index contributed by atoms with van der Waals surface area (Å²) < 4.78 is 10.5. The molecule has 1 aromatic carbocycles. The Morgan fingerprint density at radius 1 is 1.33 bits per heavy atom. The average Bonchev–Trinajstić information content (AvgIpc) is 2.50. The highest BCUT2D eigenvalue weighted by Gasteiger charge is 2.07. The number of aromatic amines is 1. The summed E-state index contributed by atoms with van der Waals surface area (Å²) in [4.78, 5) is 14.8. The molecule has 0 amide bonds. The topological polar surface area (TPSA) is 101 Å². The van der Waals surface area contributed by atoms with Crippen LogP contribution < -0.4 is 20.6 Å². The van der Waals surface area contributed by atoms with Gasteiger partial charge in [0.1, 0.15) is 5.69 Å². The van der Waals surface area contributed by atoms with E-state index in [0.717, 1.165) is 5.56 Å². The van der Waals surface area contributed by atoms with E-state index < -0.39 is 5.69 Å². The minimum atomic E-state index is -0.544. The number of para-hydroxylation sites is 1. The van der Waals surface area contributed by atoms with Gasteiger partial charge in [-0.05, 0) is 19.1 Å². The number of nitrogens with one attached hydrogen (secondary N) is 2. The van der Waals surface area contributed by atoms with Crippen molar-refractivity contribution in [1.29, 1.82) is 0 Å². The number of rotatable bonds is 5. The number of hydrogen-bond donors (Lipinski definition) is 2. The van der Waals surface area contributed by atoms with Crippen LogP contribution in [0.5, 0.6) is 11.5 Å². The van der Waals surface area contributed by atoms with Crippen LogP contribution in [0.15, 0.2) is 28.1 Å². The third-order valence-electron chi connectivity index (χ3n) is 2.68. The quantitative estimate of drug-likeness (QED) is 0.627. The van der Waals surface area contributed by atoms with Crippen LogP contribution >= 0.6 is 0 Å². The van der Waals surface area contributed by atoms with Gasteiger partial charge in [-0.15, -0.1) is 0 Å². The van der Waals surface area contributed by atoms with Gasteiger partial charge in [-0.1, -0.05) is 6.07 Å². The molecule has 21 heavy (non-hydrogen) atoms. The summed E-state index contributed by atoms with van der Waals surface area (Å²) in [5, 5.41) is 10.1. The van der Waals surface area contributed by atoms with Crippen LogP contribution in [-0.4, -0.2) is 35.6 Å². The Morgan fingerprint density at radius 2 is 2.14 bits per heavy atom. The monoisotopic (exact) mass is 289 g/mol. The number of aromatic nitrogens is 3. The standard InChI is InChI=1S/C13H15N5O3/c1-8-12(15-13(19)18-16-8)17-14-7-9-5-4-6-10(20-2)11(9)21-3/h4-7H,1-3H3,(H2,15,17,18,19)/b14-7-. The Hall–Kier alpha value is -2.90. The SMILES string of the molecule is COc1cccc(/C=N\Nc2nc(=O)[nH]nc2C)c1OC. The third-order valence-corrected chi connectivity index (χ3v) is 2.68. The third kappa shape index (κ3) is 3.35. The zero-order valence-corrected chi connectivity index (χ0v) is 11.9. The first kappa shape index (κ1) is 14.5. The zero-order chi connectivity index (χ0) is 15.2. The van der Waals surface area contributed by atoms with E-state index in [-0.39, 0.29) is 5.82 Å². The van der Waals surface area contributed by atoms with Crippen LogP contribution in [0, 0.1) is 6.92 Å². The van der Waals surface area contributed by atoms with Gasteiger partial charge in [0.05, 0.1) is 20.4 Å². The smallest absolute Gasteiger partial charge is 0.363 e. The Balaban J connectivity index is 2.22. The molecular formula is C13H15N5O3. The number of aryl methyl sites for hydroxylation is 1. The van der Waals surface area contributed by atoms with Gasteiger partial charge in [0.2, 0.25) is 0 Å². The summed E-state index contributed by atoms with van der Waals surface area (Å²) in [7, 11) is 3.11. The number of methoxy groups -OCH3 is 2. The Labute approximate surface area is 120 Å². The Kier molecular flexibility index (Phi) is 4.50. The molecule has 0 fully saturated rings. The highest BCUT2D eigenvalue weighted by Crippen LogP contribution is 2.29. The summed E-state index contributed by atoms with van der Waals surface area (Å²) >= 11 is 0. The van der Waals surface area contributed by atoms with Gasteiger partial charge in [-0.2, -0.15) is 15.2 Å². The van der Waals surface area contributed by atoms with E-state index in [2.05, 4.69) is 25.7 Å². The molecule has 0 atom stereocenters. The number of nitrogens with zero attached hydrogens (tertiary/aromatic N) is 3. The molecule has 0 aliphatic carbocycles. The van der Waals surface area contributed by atoms with Gasteiger partial charge < -0.3 is 9.47 Å². The predicted molar refractivity (Wildman–Crippen MR) is 78.2 cm³/mol. The number of benzene rings is 1. The van der Waals surface area contributed by atoms with Gasteiger partial charge in [0.15, 0.2) is 17.3 Å². The fourth-order valence-corrected chi connectivity index (χ4v) is 1.67. The number of anilines is 1. The second-order valence-corrected chi connectivity index (χ2v) is 4.03. The number of hydrogen-bond acceptors (Lipinski definition) is 7. The Morgan fingerprint density at radius 3 is 2.86 bits per heavy atom. The lowest BCUT2D eigenvalue weighted by Crippen LogP contribution is -2.15. The van der Waals surface area contributed by atoms with Gasteiger partial charge in [-0.25, -0.2) is 9.89 Å². The van der Waals surface area contributed by atoms with E-state index in [4.69, 9.17) is 9.47 Å².